The van der Waals surface area contributed by atoms with E-state index in [1.807, 2.05) is 0 Å². The van der Waals surface area contributed by atoms with Gasteiger partial charge in [-0.2, -0.15) is 4.99 Å². The normalized spacial score (nSPS) is 9.92. The van der Waals surface area contributed by atoms with Crippen molar-refractivity contribution in [1.82, 2.24) is 4.98 Å². The van der Waals surface area contributed by atoms with E-state index in [1.165, 1.54) is 18.2 Å². The highest BCUT2D eigenvalue weighted by atomic mass is 19.1. The van der Waals surface area contributed by atoms with E-state index in [4.69, 9.17) is 0 Å². The van der Waals surface area contributed by atoms with Gasteiger partial charge in [-0.15, -0.1) is 0 Å². The number of H-pyrrole nitrogens is 1. The molecule has 0 atom stereocenters. The number of carbonyl (C=O) groups excluding carboxylic acids is 1. The van der Waals surface area contributed by atoms with Crippen molar-refractivity contribution in [3.8, 4) is 0 Å². The molecular formula is C9H5FN2O. The van der Waals surface area contributed by atoms with Gasteiger partial charge in [0.1, 0.15) is 11.5 Å². The van der Waals surface area contributed by atoms with Gasteiger partial charge >= 0.3 is 0 Å². The van der Waals surface area contributed by atoms with Gasteiger partial charge in [0.05, 0.1) is 5.52 Å². The number of hydrogen-bond acceptors (Lipinski definition) is 2. The first-order chi connectivity index (χ1) is 6.33. The highest BCUT2D eigenvalue weighted by Gasteiger charge is 2.05. The molecule has 0 fully saturated rings. The van der Waals surface area contributed by atoms with Crippen LogP contribution in [0, 0.1) is 5.82 Å². The first kappa shape index (κ1) is 7.71. The van der Waals surface area contributed by atoms with Crippen LogP contribution in [0.25, 0.3) is 10.9 Å². The Morgan fingerprint density at radius 1 is 1.38 bits per heavy atom. The van der Waals surface area contributed by atoms with E-state index in [9.17, 15) is 9.18 Å². The number of halogens is 1. The van der Waals surface area contributed by atoms with Crippen molar-refractivity contribution in [2.24, 2.45) is 4.99 Å². The van der Waals surface area contributed by atoms with Crippen molar-refractivity contribution >= 4 is 22.7 Å². The van der Waals surface area contributed by atoms with Crippen molar-refractivity contribution in [3.05, 3.63) is 30.2 Å². The molecule has 2 rings (SSSR count). The largest absolute Gasteiger partial charge is 0.359 e. The number of benzene rings is 1. The summed E-state index contributed by atoms with van der Waals surface area (Å²) in [6.45, 7) is 0. The smallest absolute Gasteiger partial charge is 0.240 e. The van der Waals surface area contributed by atoms with E-state index in [1.54, 1.807) is 12.3 Å². The summed E-state index contributed by atoms with van der Waals surface area (Å²) < 4.78 is 13.1. The molecule has 0 aliphatic carbocycles. The van der Waals surface area contributed by atoms with Gasteiger partial charge in [0.15, 0.2) is 0 Å². The molecule has 0 saturated heterocycles. The summed E-state index contributed by atoms with van der Waals surface area (Å²) in [4.78, 5) is 16.3. The molecule has 0 aliphatic heterocycles. The molecule has 1 N–H and O–H groups in total. The van der Waals surface area contributed by atoms with Crippen LogP contribution in [-0.2, 0) is 4.79 Å². The Labute approximate surface area is 72.9 Å². The maximum absolute atomic E-state index is 13.1. The number of aromatic amines is 1. The zero-order chi connectivity index (χ0) is 9.26. The van der Waals surface area contributed by atoms with Crippen molar-refractivity contribution < 1.29 is 9.18 Å². The molecule has 4 heteroatoms. The number of aliphatic imine (C=N–C) groups is 1. The van der Waals surface area contributed by atoms with Gasteiger partial charge in [-0.3, -0.25) is 0 Å². The van der Waals surface area contributed by atoms with Crippen LogP contribution in [0.4, 0.5) is 10.1 Å². The van der Waals surface area contributed by atoms with Gasteiger partial charge in [0.25, 0.3) is 0 Å². The van der Waals surface area contributed by atoms with Crippen LogP contribution in [0.2, 0.25) is 0 Å². The van der Waals surface area contributed by atoms with Crippen molar-refractivity contribution in [1.29, 1.82) is 0 Å². The summed E-state index contributed by atoms with van der Waals surface area (Å²) >= 11 is 0. The lowest BCUT2D eigenvalue weighted by molar-refractivity contribution is 0.565. The predicted molar refractivity (Wildman–Crippen MR) is 46.0 cm³/mol. The maximum Gasteiger partial charge on any atom is 0.240 e. The summed E-state index contributed by atoms with van der Waals surface area (Å²) in [5, 5.41) is 0.427. The Morgan fingerprint density at radius 2 is 2.23 bits per heavy atom. The van der Waals surface area contributed by atoms with Crippen LogP contribution in [0.3, 0.4) is 0 Å². The number of isocyanates is 1. The Morgan fingerprint density at radius 3 is 3.00 bits per heavy atom. The maximum atomic E-state index is 13.1. The molecule has 0 bridgehead atoms. The van der Waals surface area contributed by atoms with Crippen LogP contribution in [0.5, 0.6) is 0 Å². The summed E-state index contributed by atoms with van der Waals surface area (Å²) in [7, 11) is 0. The minimum atomic E-state index is -0.332. The minimum Gasteiger partial charge on any atom is -0.359 e. The molecule has 0 radical (unpaired) electrons. The lowest BCUT2D eigenvalue weighted by Crippen LogP contribution is -1.76. The zero-order valence-electron chi connectivity index (χ0n) is 6.54. The number of nitrogens with one attached hydrogen (secondary N) is 1. The van der Waals surface area contributed by atoms with E-state index in [0.717, 1.165) is 0 Å². The third kappa shape index (κ3) is 1.13. The molecule has 3 nitrogen and oxygen atoms in total. The van der Waals surface area contributed by atoms with Crippen molar-refractivity contribution in [2.75, 3.05) is 0 Å². The fourth-order valence-electron chi connectivity index (χ4n) is 1.25. The topological polar surface area (TPSA) is 45.2 Å². The van der Waals surface area contributed by atoms with Crippen LogP contribution < -0.4 is 0 Å². The lowest BCUT2D eigenvalue weighted by Gasteiger charge is -1.94. The number of fused-ring (bicyclic) bond motifs is 1. The fourth-order valence-corrected chi connectivity index (χ4v) is 1.25. The minimum absolute atomic E-state index is 0.332. The molecule has 1 aromatic heterocycles. The van der Waals surface area contributed by atoms with Crippen LogP contribution >= 0.6 is 0 Å². The summed E-state index contributed by atoms with van der Waals surface area (Å²) in [5.74, 6) is -0.332. The van der Waals surface area contributed by atoms with Crippen LogP contribution in [0.1, 0.15) is 0 Å². The quantitative estimate of drug-likeness (QED) is 0.525. The Balaban J connectivity index is 2.85. The standard InChI is InChI=1S/C9H5FN2O/c10-7-1-2-8(12-5-13)9-6(7)3-4-11-9/h1-4,11H. The van der Waals surface area contributed by atoms with Gasteiger partial charge in [-0.05, 0) is 18.2 Å². The van der Waals surface area contributed by atoms with E-state index < -0.39 is 0 Å². The van der Waals surface area contributed by atoms with Gasteiger partial charge < -0.3 is 4.98 Å². The van der Waals surface area contributed by atoms with E-state index in [0.29, 0.717) is 16.6 Å². The third-order valence-electron chi connectivity index (χ3n) is 1.81. The van der Waals surface area contributed by atoms with Gasteiger partial charge in [0, 0.05) is 11.6 Å². The van der Waals surface area contributed by atoms with E-state index in [-0.39, 0.29) is 5.82 Å². The third-order valence-corrected chi connectivity index (χ3v) is 1.81. The fraction of sp³-hybridized carbons (Fsp3) is 0. The second kappa shape index (κ2) is 2.84. The second-order valence-electron chi connectivity index (χ2n) is 2.54. The molecule has 64 valence electrons. The molecule has 0 saturated carbocycles. The number of rotatable bonds is 1. The van der Waals surface area contributed by atoms with Crippen molar-refractivity contribution in [3.63, 3.8) is 0 Å². The molecule has 1 heterocycles. The molecule has 0 unspecified atom stereocenters. The van der Waals surface area contributed by atoms with Gasteiger partial charge in [-0.1, -0.05) is 0 Å². The van der Waals surface area contributed by atoms with E-state index >= 15 is 0 Å². The second-order valence-corrected chi connectivity index (χ2v) is 2.54. The molecule has 13 heavy (non-hydrogen) atoms. The zero-order valence-corrected chi connectivity index (χ0v) is 6.54. The van der Waals surface area contributed by atoms with Gasteiger partial charge in [0.2, 0.25) is 6.08 Å². The number of hydrogen-bond donors (Lipinski definition) is 1. The molecule has 1 aromatic carbocycles. The first-order valence-electron chi connectivity index (χ1n) is 3.66. The molecular weight excluding hydrogens is 171 g/mol. The average molecular weight is 176 g/mol. The van der Waals surface area contributed by atoms with Crippen molar-refractivity contribution in [2.45, 2.75) is 0 Å². The monoisotopic (exact) mass is 176 g/mol. The average Bonchev–Trinajstić information content (AvgIpc) is 2.59. The summed E-state index contributed by atoms with van der Waals surface area (Å²) in [5.41, 5.74) is 0.916. The van der Waals surface area contributed by atoms with E-state index in [2.05, 4.69) is 9.98 Å². The molecule has 0 amide bonds. The summed E-state index contributed by atoms with van der Waals surface area (Å²) in [6.07, 6.45) is 3.01. The van der Waals surface area contributed by atoms with Gasteiger partial charge in [-0.25, -0.2) is 9.18 Å². The highest BCUT2D eigenvalue weighted by molar-refractivity contribution is 5.90. The Hall–Kier alpha value is -1.93. The Kier molecular flexibility index (Phi) is 1.69. The first-order valence-corrected chi connectivity index (χ1v) is 3.66. The lowest BCUT2D eigenvalue weighted by atomic mass is 10.2. The molecule has 0 spiro atoms. The number of aromatic nitrogens is 1. The molecule has 2 aromatic rings. The molecule has 0 aliphatic rings. The Bertz CT molecular complexity index is 497. The highest BCUT2D eigenvalue weighted by Crippen LogP contribution is 2.26. The number of nitrogens with zero attached hydrogens (tertiary/aromatic N) is 1. The predicted octanol–water partition coefficient (Wildman–Crippen LogP) is 2.27. The SMILES string of the molecule is O=C=Nc1ccc(F)c2cc[nH]c12. The summed E-state index contributed by atoms with van der Waals surface area (Å²) in [6, 6.07) is 4.29. The van der Waals surface area contributed by atoms with Crippen LogP contribution in [0.15, 0.2) is 29.4 Å². The van der Waals surface area contributed by atoms with Crippen LogP contribution in [-0.4, -0.2) is 11.1 Å².